The molecule has 134 valence electrons. The number of ether oxygens (including phenoxy) is 1. The van der Waals surface area contributed by atoms with Crippen LogP contribution in [0.4, 0.5) is 15.7 Å². The number of carbonyl (C=O) groups is 2. The average Bonchev–Trinajstić information content (AvgIpc) is 2.86. The van der Waals surface area contributed by atoms with Gasteiger partial charge in [-0.05, 0) is 39.5 Å². The van der Waals surface area contributed by atoms with Crippen molar-refractivity contribution < 1.29 is 14.3 Å². The van der Waals surface area contributed by atoms with Crippen molar-refractivity contribution in [2.24, 2.45) is 11.7 Å². The predicted octanol–water partition coefficient (Wildman–Crippen LogP) is 1.57. The first-order valence-corrected chi connectivity index (χ1v) is 8.75. The first-order chi connectivity index (χ1) is 11.2. The summed E-state index contributed by atoms with van der Waals surface area (Å²) in [6.07, 6.45) is 1.45. The molecule has 2 heterocycles. The number of anilines is 2. The van der Waals surface area contributed by atoms with Crippen molar-refractivity contribution >= 4 is 34.3 Å². The van der Waals surface area contributed by atoms with Crippen LogP contribution in [0, 0.1) is 5.92 Å². The number of nitrogens with zero attached hydrogens (tertiary/aromatic N) is 2. The molecule has 8 nitrogen and oxygen atoms in total. The van der Waals surface area contributed by atoms with Crippen molar-refractivity contribution in [3.63, 3.8) is 0 Å². The van der Waals surface area contributed by atoms with Gasteiger partial charge in [0.15, 0.2) is 5.13 Å². The van der Waals surface area contributed by atoms with E-state index in [9.17, 15) is 9.59 Å². The highest BCUT2D eigenvalue weighted by Crippen LogP contribution is 2.30. The van der Waals surface area contributed by atoms with Crippen molar-refractivity contribution in [1.82, 2.24) is 10.3 Å². The number of hydrogen-bond acceptors (Lipinski definition) is 7. The number of nitrogens with one attached hydrogen (secondary N) is 1. The molecule has 5 N–H and O–H groups in total. The summed E-state index contributed by atoms with van der Waals surface area (Å²) in [6, 6.07) is 0. The van der Waals surface area contributed by atoms with E-state index in [0.29, 0.717) is 17.3 Å². The Hall–Kier alpha value is -2.03. The first kappa shape index (κ1) is 18.3. The summed E-state index contributed by atoms with van der Waals surface area (Å²) in [5.41, 5.74) is 10.5. The van der Waals surface area contributed by atoms with Crippen LogP contribution in [0.1, 0.15) is 43.3 Å². The molecule has 1 aliphatic heterocycles. The Balaban J connectivity index is 1.80. The zero-order valence-electron chi connectivity index (χ0n) is 14.3. The summed E-state index contributed by atoms with van der Waals surface area (Å²) in [5, 5.41) is 3.54. The fraction of sp³-hybridized carbons (Fsp3) is 0.667. The molecule has 2 rings (SSSR count). The highest BCUT2D eigenvalue weighted by atomic mass is 32.1. The lowest BCUT2D eigenvalue weighted by Gasteiger charge is -2.32. The van der Waals surface area contributed by atoms with E-state index >= 15 is 0 Å². The van der Waals surface area contributed by atoms with E-state index in [1.807, 2.05) is 20.8 Å². The molecule has 0 aliphatic carbocycles. The zero-order chi connectivity index (χ0) is 17.9. The Kier molecular flexibility index (Phi) is 5.53. The standard InChI is InChI=1S/C15H25N5O3S/c1-15(2,3)23-14(22)18-8-9-4-6-20(7-5-9)13-19-11(16)10(24-13)12(17)21/h9H,4-8,16H2,1-3H3,(H2,17,21)(H,18,22). The highest BCUT2D eigenvalue weighted by molar-refractivity contribution is 7.18. The number of nitrogen functional groups attached to an aromatic ring is 1. The number of carbonyl (C=O) groups excluding carboxylic acids is 2. The van der Waals surface area contributed by atoms with Gasteiger partial charge in [-0.2, -0.15) is 0 Å². The zero-order valence-corrected chi connectivity index (χ0v) is 15.1. The number of alkyl carbamates (subject to hydrolysis) is 1. The summed E-state index contributed by atoms with van der Waals surface area (Å²) in [5.74, 6) is 0.0330. The van der Waals surface area contributed by atoms with Crippen LogP contribution in [0.3, 0.4) is 0 Å². The summed E-state index contributed by atoms with van der Waals surface area (Å²) >= 11 is 1.23. The lowest BCUT2D eigenvalue weighted by molar-refractivity contribution is 0.0516. The number of thiazole rings is 1. The van der Waals surface area contributed by atoms with Crippen LogP contribution < -0.4 is 21.7 Å². The summed E-state index contributed by atoms with van der Waals surface area (Å²) in [7, 11) is 0. The SMILES string of the molecule is CC(C)(C)OC(=O)NCC1CCN(c2nc(N)c(C(N)=O)s2)CC1. The molecule has 1 fully saturated rings. The van der Waals surface area contributed by atoms with Gasteiger partial charge in [0.05, 0.1) is 0 Å². The van der Waals surface area contributed by atoms with E-state index < -0.39 is 11.5 Å². The molecule has 2 amide bonds. The van der Waals surface area contributed by atoms with E-state index in [1.165, 1.54) is 11.3 Å². The molecule has 24 heavy (non-hydrogen) atoms. The average molecular weight is 355 g/mol. The van der Waals surface area contributed by atoms with Gasteiger partial charge >= 0.3 is 6.09 Å². The fourth-order valence-corrected chi connectivity index (χ4v) is 3.39. The molecule has 9 heteroatoms. The lowest BCUT2D eigenvalue weighted by atomic mass is 9.97. The molecule has 1 aromatic rings. The van der Waals surface area contributed by atoms with Gasteiger partial charge in [-0.15, -0.1) is 0 Å². The monoisotopic (exact) mass is 355 g/mol. The Bertz CT molecular complexity index is 603. The van der Waals surface area contributed by atoms with Gasteiger partial charge in [0, 0.05) is 19.6 Å². The van der Waals surface area contributed by atoms with Crippen molar-refractivity contribution in [2.75, 3.05) is 30.3 Å². The van der Waals surface area contributed by atoms with Crippen LogP contribution in [0.15, 0.2) is 0 Å². The molecule has 0 aromatic carbocycles. The summed E-state index contributed by atoms with van der Waals surface area (Å²) < 4.78 is 5.23. The minimum Gasteiger partial charge on any atom is -0.444 e. The smallest absolute Gasteiger partial charge is 0.407 e. The van der Waals surface area contributed by atoms with Gasteiger partial charge in [-0.3, -0.25) is 4.79 Å². The molecule has 0 radical (unpaired) electrons. The normalized spacial score (nSPS) is 16.0. The molecule has 0 bridgehead atoms. The largest absolute Gasteiger partial charge is 0.444 e. The van der Waals surface area contributed by atoms with Crippen molar-refractivity contribution in [1.29, 1.82) is 0 Å². The number of amides is 2. The molecular weight excluding hydrogens is 330 g/mol. The third-order valence-electron chi connectivity index (χ3n) is 3.68. The molecule has 0 atom stereocenters. The van der Waals surface area contributed by atoms with Crippen molar-refractivity contribution in [3.05, 3.63) is 4.88 Å². The fourth-order valence-electron chi connectivity index (χ4n) is 2.50. The second kappa shape index (κ2) is 7.25. The van der Waals surface area contributed by atoms with Crippen LogP contribution in [0.25, 0.3) is 0 Å². The van der Waals surface area contributed by atoms with Gasteiger partial charge in [0.1, 0.15) is 16.3 Å². The van der Waals surface area contributed by atoms with Crippen molar-refractivity contribution in [3.8, 4) is 0 Å². The molecular formula is C15H25N5O3S. The first-order valence-electron chi connectivity index (χ1n) is 7.93. The van der Waals surface area contributed by atoms with E-state index in [-0.39, 0.29) is 11.9 Å². The minimum absolute atomic E-state index is 0.191. The predicted molar refractivity (Wildman–Crippen MR) is 94.2 cm³/mol. The van der Waals surface area contributed by atoms with E-state index in [2.05, 4.69) is 15.2 Å². The van der Waals surface area contributed by atoms with Crippen LogP contribution in [0.5, 0.6) is 0 Å². The number of nitrogens with two attached hydrogens (primary N) is 2. The lowest BCUT2D eigenvalue weighted by Crippen LogP contribution is -2.40. The highest BCUT2D eigenvalue weighted by Gasteiger charge is 2.24. The Morgan fingerprint density at radius 2 is 2.00 bits per heavy atom. The second-order valence-electron chi connectivity index (χ2n) is 6.89. The number of primary amides is 1. The third-order valence-corrected chi connectivity index (χ3v) is 4.83. The number of piperidine rings is 1. The van der Waals surface area contributed by atoms with Crippen LogP contribution in [-0.2, 0) is 4.74 Å². The maximum Gasteiger partial charge on any atom is 0.407 e. The van der Waals surface area contributed by atoms with Gasteiger partial charge in [-0.1, -0.05) is 11.3 Å². The van der Waals surface area contributed by atoms with Crippen molar-refractivity contribution in [2.45, 2.75) is 39.2 Å². The number of hydrogen-bond donors (Lipinski definition) is 3. The summed E-state index contributed by atoms with van der Waals surface area (Å²) in [4.78, 5) is 29.6. The Labute approximate surface area is 145 Å². The van der Waals surface area contributed by atoms with Gasteiger partial charge in [-0.25, -0.2) is 9.78 Å². The van der Waals surface area contributed by atoms with Crippen LogP contribution >= 0.6 is 11.3 Å². The molecule has 1 aromatic heterocycles. The number of aromatic nitrogens is 1. The van der Waals surface area contributed by atoms with E-state index in [1.54, 1.807) is 0 Å². The van der Waals surface area contributed by atoms with Crippen LogP contribution in [-0.4, -0.2) is 42.2 Å². The summed E-state index contributed by atoms with van der Waals surface area (Å²) in [6.45, 7) is 7.70. The van der Waals surface area contributed by atoms with Crippen LogP contribution in [0.2, 0.25) is 0 Å². The quantitative estimate of drug-likeness (QED) is 0.753. The van der Waals surface area contributed by atoms with Gasteiger partial charge in [0.25, 0.3) is 5.91 Å². The molecule has 1 saturated heterocycles. The van der Waals surface area contributed by atoms with E-state index in [0.717, 1.165) is 31.1 Å². The van der Waals surface area contributed by atoms with Gasteiger partial charge in [0.2, 0.25) is 0 Å². The Morgan fingerprint density at radius 1 is 1.38 bits per heavy atom. The van der Waals surface area contributed by atoms with E-state index in [4.69, 9.17) is 16.2 Å². The third kappa shape index (κ3) is 4.98. The van der Waals surface area contributed by atoms with Gasteiger partial charge < -0.3 is 26.4 Å². The molecule has 0 unspecified atom stereocenters. The molecule has 1 aliphatic rings. The molecule has 0 saturated carbocycles. The second-order valence-corrected chi connectivity index (χ2v) is 7.87. The maximum atomic E-state index is 11.7. The topological polar surface area (TPSA) is 124 Å². The number of rotatable bonds is 4. The molecule has 0 spiro atoms. The maximum absolute atomic E-state index is 11.7. The minimum atomic E-state index is -0.548. The Morgan fingerprint density at radius 3 is 2.50 bits per heavy atom.